The molecule has 0 saturated carbocycles. The number of urea groups is 1. The van der Waals surface area contributed by atoms with Crippen LogP contribution < -0.4 is 26.2 Å². The molecular weight excluding hydrogens is 747 g/mol. The van der Waals surface area contributed by atoms with Crippen LogP contribution in [0.3, 0.4) is 0 Å². The van der Waals surface area contributed by atoms with E-state index in [1.165, 1.54) is 6.07 Å². The van der Waals surface area contributed by atoms with Crippen molar-refractivity contribution in [2.45, 2.75) is 90.6 Å². The number of fused-ring (bicyclic) bond motifs is 1. The van der Waals surface area contributed by atoms with E-state index in [-0.39, 0.29) is 36.5 Å². The number of imide groups is 2. The molecule has 17 nitrogen and oxygen atoms in total. The van der Waals surface area contributed by atoms with Gasteiger partial charge in [-0.3, -0.25) is 39.4 Å². The predicted octanol–water partition coefficient (Wildman–Crippen LogP) is 4.84. The van der Waals surface area contributed by atoms with E-state index in [0.717, 1.165) is 23.3 Å². The Balaban J connectivity index is 1.07. The molecule has 3 aromatic carbocycles. The van der Waals surface area contributed by atoms with Crippen LogP contribution in [0.1, 0.15) is 103 Å². The van der Waals surface area contributed by atoms with Gasteiger partial charge in [-0.15, -0.1) is 5.10 Å². The molecule has 1 atom stereocenters. The number of amides is 7. The van der Waals surface area contributed by atoms with Crippen molar-refractivity contribution < 1.29 is 38.7 Å². The van der Waals surface area contributed by atoms with E-state index in [9.17, 15) is 28.8 Å². The summed E-state index contributed by atoms with van der Waals surface area (Å²) in [6.07, 6.45) is 3.58. The van der Waals surface area contributed by atoms with Crippen molar-refractivity contribution in [2.75, 3.05) is 17.2 Å². The molecule has 6 rings (SSSR count). The summed E-state index contributed by atoms with van der Waals surface area (Å²) in [5.41, 5.74) is 3.05. The van der Waals surface area contributed by atoms with Crippen molar-refractivity contribution in [3.05, 3.63) is 101 Å². The SMILES string of the molecule is CCCCN(Cc1ccc(C(=O)NO)cc1)C(=O)Nc1ccc(OC(C)(C)C(C)(C)n2cc(CNc3cccc4c3C(=O)N(C3CCC(=O)NC3=O)C4=O)nn2)cc1. The van der Waals surface area contributed by atoms with Gasteiger partial charge in [-0.1, -0.05) is 36.8 Å². The maximum atomic E-state index is 13.5. The molecule has 4 aromatic rings. The van der Waals surface area contributed by atoms with E-state index in [1.807, 2.05) is 34.6 Å². The number of nitrogens with one attached hydrogen (secondary N) is 4. The Morgan fingerprint density at radius 2 is 1.71 bits per heavy atom. The molecule has 3 heterocycles. The Kier molecular flexibility index (Phi) is 11.9. The molecule has 2 aliphatic heterocycles. The first-order valence-electron chi connectivity index (χ1n) is 19.0. The third kappa shape index (κ3) is 8.53. The van der Waals surface area contributed by atoms with Gasteiger partial charge in [0.05, 0.1) is 29.4 Å². The molecule has 1 aromatic heterocycles. The number of hydrogen-bond acceptors (Lipinski definition) is 11. The van der Waals surface area contributed by atoms with Crippen LogP contribution in [-0.2, 0) is 28.2 Å². The van der Waals surface area contributed by atoms with Gasteiger partial charge in [-0.05, 0) is 94.6 Å². The highest BCUT2D eigenvalue weighted by molar-refractivity contribution is 6.25. The number of carbonyl (C=O) groups excluding carboxylic acids is 6. The minimum atomic E-state index is -1.07. The van der Waals surface area contributed by atoms with E-state index < -0.39 is 46.7 Å². The molecule has 7 amide bonds. The highest BCUT2D eigenvalue weighted by Crippen LogP contribution is 2.35. The Morgan fingerprint density at radius 1 is 0.983 bits per heavy atom. The Hall–Kier alpha value is -6.62. The van der Waals surface area contributed by atoms with Gasteiger partial charge in [0.25, 0.3) is 17.7 Å². The Morgan fingerprint density at radius 3 is 2.38 bits per heavy atom. The monoisotopic (exact) mass is 793 g/mol. The summed E-state index contributed by atoms with van der Waals surface area (Å²) < 4.78 is 8.19. The standard InChI is InChI=1S/C41H47N9O8/c1-6-7-21-48(23-25-11-13-26(14-12-25)35(52)46-57)39(56)43-27-15-17-29(18-16-27)58-41(4,5)40(2,3)49-24-28(45-47-49)22-42-31-10-8-9-30-34(31)38(55)50(37(30)54)32-19-20-33(51)44-36(32)53/h8-18,24,32,42,57H,6-7,19-23H2,1-5H3,(H,43,56)(H,46,52)(H,44,51,53). The molecule has 1 saturated heterocycles. The van der Waals surface area contributed by atoms with Crippen LogP contribution in [0, 0.1) is 0 Å². The van der Waals surface area contributed by atoms with Crippen molar-refractivity contribution in [3.63, 3.8) is 0 Å². The zero-order valence-corrected chi connectivity index (χ0v) is 33.0. The van der Waals surface area contributed by atoms with Crippen molar-refractivity contribution in [1.82, 2.24) is 35.6 Å². The van der Waals surface area contributed by atoms with Gasteiger partial charge in [-0.2, -0.15) is 0 Å². The smallest absolute Gasteiger partial charge is 0.322 e. The topological polar surface area (TPSA) is 217 Å². The third-order valence-electron chi connectivity index (χ3n) is 10.8. The van der Waals surface area contributed by atoms with Crippen LogP contribution in [-0.4, -0.2) is 83.8 Å². The van der Waals surface area contributed by atoms with Gasteiger partial charge in [0, 0.05) is 36.4 Å². The zero-order valence-electron chi connectivity index (χ0n) is 33.0. The lowest BCUT2D eigenvalue weighted by Crippen LogP contribution is -2.54. The lowest BCUT2D eigenvalue weighted by atomic mass is 9.85. The number of unbranched alkanes of at least 4 members (excludes halogenated alkanes) is 1. The van der Waals surface area contributed by atoms with Gasteiger partial charge in [0.15, 0.2) is 0 Å². The lowest BCUT2D eigenvalue weighted by molar-refractivity contribution is -0.136. The second-order valence-corrected chi connectivity index (χ2v) is 15.2. The average molecular weight is 794 g/mol. The summed E-state index contributed by atoms with van der Waals surface area (Å²) in [6, 6.07) is 17.3. The third-order valence-corrected chi connectivity index (χ3v) is 10.8. The fourth-order valence-corrected chi connectivity index (χ4v) is 6.65. The first-order valence-corrected chi connectivity index (χ1v) is 19.0. The number of aromatic nitrogens is 3. The molecule has 1 unspecified atom stereocenters. The average Bonchev–Trinajstić information content (AvgIpc) is 3.79. The van der Waals surface area contributed by atoms with Crippen LogP contribution in [0.25, 0.3) is 0 Å². The zero-order chi connectivity index (χ0) is 41.8. The maximum absolute atomic E-state index is 13.5. The summed E-state index contributed by atoms with van der Waals surface area (Å²) in [7, 11) is 0. The second-order valence-electron chi connectivity index (χ2n) is 15.2. The summed E-state index contributed by atoms with van der Waals surface area (Å²) in [6.45, 7) is 10.9. The van der Waals surface area contributed by atoms with Crippen molar-refractivity contribution in [2.24, 2.45) is 0 Å². The Bertz CT molecular complexity index is 2220. The first-order chi connectivity index (χ1) is 27.6. The number of piperidine rings is 1. The van der Waals surface area contributed by atoms with E-state index in [2.05, 4.69) is 26.3 Å². The predicted molar refractivity (Wildman–Crippen MR) is 211 cm³/mol. The molecule has 0 bridgehead atoms. The minimum absolute atomic E-state index is 0.0320. The molecule has 2 aliphatic rings. The molecular formula is C41H47N9O8. The number of rotatable bonds is 15. The number of carbonyl (C=O) groups is 6. The number of nitrogens with zero attached hydrogens (tertiary/aromatic N) is 5. The quantitative estimate of drug-likeness (QED) is 0.0624. The summed E-state index contributed by atoms with van der Waals surface area (Å²) >= 11 is 0. The molecule has 1 fully saturated rings. The van der Waals surface area contributed by atoms with Crippen LogP contribution in [0.4, 0.5) is 16.2 Å². The van der Waals surface area contributed by atoms with Gasteiger partial charge >= 0.3 is 6.03 Å². The van der Waals surface area contributed by atoms with Crippen LogP contribution in [0.15, 0.2) is 72.9 Å². The summed E-state index contributed by atoms with van der Waals surface area (Å²) in [4.78, 5) is 78.6. The number of benzene rings is 3. The van der Waals surface area contributed by atoms with Gasteiger partial charge in [0.1, 0.15) is 23.1 Å². The van der Waals surface area contributed by atoms with Crippen LogP contribution in [0.5, 0.6) is 5.75 Å². The van der Waals surface area contributed by atoms with Crippen molar-refractivity contribution in [1.29, 1.82) is 0 Å². The van der Waals surface area contributed by atoms with E-state index in [0.29, 0.717) is 41.5 Å². The van der Waals surface area contributed by atoms with Gasteiger partial charge < -0.3 is 20.3 Å². The van der Waals surface area contributed by atoms with Crippen molar-refractivity contribution >= 4 is 46.9 Å². The van der Waals surface area contributed by atoms with Crippen molar-refractivity contribution in [3.8, 4) is 5.75 Å². The summed E-state index contributed by atoms with van der Waals surface area (Å²) in [5, 5.41) is 26.0. The summed E-state index contributed by atoms with van der Waals surface area (Å²) in [5.74, 6) is -2.36. The number of hydrogen-bond donors (Lipinski definition) is 5. The molecule has 5 N–H and O–H groups in total. The molecule has 0 spiro atoms. The normalized spacial score (nSPS) is 15.5. The number of anilines is 2. The molecule has 304 valence electrons. The molecule has 58 heavy (non-hydrogen) atoms. The lowest BCUT2D eigenvalue weighted by Gasteiger charge is -2.41. The Labute approximate surface area is 335 Å². The molecule has 0 aliphatic carbocycles. The van der Waals surface area contributed by atoms with E-state index >= 15 is 0 Å². The van der Waals surface area contributed by atoms with E-state index in [1.54, 1.807) is 81.9 Å². The highest BCUT2D eigenvalue weighted by Gasteiger charge is 2.46. The van der Waals surface area contributed by atoms with Crippen LogP contribution in [0.2, 0.25) is 0 Å². The van der Waals surface area contributed by atoms with Gasteiger partial charge in [0.2, 0.25) is 11.8 Å². The number of ether oxygens (including phenoxy) is 1. The maximum Gasteiger partial charge on any atom is 0.322 e. The van der Waals surface area contributed by atoms with Gasteiger partial charge in [-0.25, -0.2) is 15.0 Å². The second kappa shape index (κ2) is 16.9. The van der Waals surface area contributed by atoms with E-state index in [4.69, 9.17) is 9.94 Å². The largest absolute Gasteiger partial charge is 0.485 e. The molecule has 17 heteroatoms. The first kappa shape index (κ1) is 41.0. The minimum Gasteiger partial charge on any atom is -0.485 e. The highest BCUT2D eigenvalue weighted by atomic mass is 16.5. The number of hydroxylamine groups is 1. The fraction of sp³-hybridized carbons (Fsp3) is 0.366. The van der Waals surface area contributed by atoms with Crippen LogP contribution >= 0.6 is 0 Å². The fourth-order valence-electron chi connectivity index (χ4n) is 6.65. The molecule has 0 radical (unpaired) electrons.